The summed E-state index contributed by atoms with van der Waals surface area (Å²) in [5, 5.41) is 9.06. The maximum atomic E-state index is 12.9. The summed E-state index contributed by atoms with van der Waals surface area (Å²) >= 11 is 1.42. The van der Waals surface area contributed by atoms with Crippen LogP contribution in [-0.2, 0) is 21.2 Å². The first-order chi connectivity index (χ1) is 11.9. The molecule has 1 saturated heterocycles. The van der Waals surface area contributed by atoms with Crippen molar-refractivity contribution in [1.29, 1.82) is 0 Å². The van der Waals surface area contributed by atoms with Gasteiger partial charge in [0.1, 0.15) is 5.82 Å². The largest absolute Gasteiger partial charge is 0.338 e. The molecule has 1 aliphatic carbocycles. The predicted molar refractivity (Wildman–Crippen MR) is 97.4 cm³/mol. The Bertz CT molecular complexity index is 743. The summed E-state index contributed by atoms with van der Waals surface area (Å²) in [6, 6.07) is -0.198. The zero-order valence-electron chi connectivity index (χ0n) is 15.0. The standard InChI is InChI=1S/C16H26N4O3S2/c1-4-19(13-8-9-25(22,23)10-13)15(21)11(3)24-16-18-17-14(12-6-7-12)20(16)5-2/h11-13H,4-10H2,1-3H3/t11-,13+/m1/s1. The fraction of sp³-hybridized carbons (Fsp3) is 0.812. The van der Waals surface area contributed by atoms with Crippen molar-refractivity contribution < 1.29 is 13.2 Å². The lowest BCUT2D eigenvalue weighted by Crippen LogP contribution is -2.44. The predicted octanol–water partition coefficient (Wildman–Crippen LogP) is 1.69. The minimum absolute atomic E-state index is 0.0202. The molecule has 25 heavy (non-hydrogen) atoms. The quantitative estimate of drug-likeness (QED) is 0.663. The third kappa shape index (κ3) is 4.02. The van der Waals surface area contributed by atoms with Crippen LogP contribution < -0.4 is 0 Å². The molecule has 0 aromatic carbocycles. The summed E-state index contributed by atoms with van der Waals surface area (Å²) in [5.74, 6) is 1.79. The zero-order valence-corrected chi connectivity index (χ0v) is 16.6. The van der Waals surface area contributed by atoms with E-state index < -0.39 is 9.84 Å². The molecule has 1 amide bonds. The van der Waals surface area contributed by atoms with Gasteiger partial charge < -0.3 is 9.47 Å². The monoisotopic (exact) mass is 386 g/mol. The van der Waals surface area contributed by atoms with Gasteiger partial charge in [0, 0.05) is 25.0 Å². The minimum Gasteiger partial charge on any atom is -0.338 e. The summed E-state index contributed by atoms with van der Waals surface area (Å²) in [6.07, 6.45) is 2.87. The Morgan fingerprint density at radius 1 is 1.32 bits per heavy atom. The van der Waals surface area contributed by atoms with E-state index in [2.05, 4.69) is 21.7 Å². The first-order valence-corrected chi connectivity index (χ1v) is 11.7. The molecule has 1 aliphatic heterocycles. The number of aromatic nitrogens is 3. The number of hydrogen-bond acceptors (Lipinski definition) is 6. The Kier molecular flexibility index (Phi) is 5.43. The molecule has 2 heterocycles. The van der Waals surface area contributed by atoms with Crippen molar-refractivity contribution in [2.45, 2.75) is 68.9 Å². The number of nitrogens with zero attached hydrogens (tertiary/aromatic N) is 4. The third-order valence-electron chi connectivity index (χ3n) is 4.91. The van der Waals surface area contributed by atoms with E-state index in [-0.39, 0.29) is 28.7 Å². The molecule has 0 N–H and O–H groups in total. The van der Waals surface area contributed by atoms with Crippen LogP contribution in [0.4, 0.5) is 0 Å². The fourth-order valence-corrected chi connectivity index (χ4v) is 6.11. The van der Waals surface area contributed by atoms with Crippen molar-refractivity contribution in [1.82, 2.24) is 19.7 Å². The molecule has 0 bridgehead atoms. The molecule has 1 saturated carbocycles. The molecule has 9 heteroatoms. The second-order valence-corrected chi connectivity index (χ2v) is 10.3. The second kappa shape index (κ2) is 7.26. The number of hydrogen-bond donors (Lipinski definition) is 0. The number of carbonyl (C=O) groups is 1. The van der Waals surface area contributed by atoms with Crippen molar-refractivity contribution in [2.24, 2.45) is 0 Å². The van der Waals surface area contributed by atoms with Gasteiger partial charge in [-0.25, -0.2) is 8.42 Å². The lowest BCUT2D eigenvalue weighted by molar-refractivity contribution is -0.131. The van der Waals surface area contributed by atoms with E-state index in [1.54, 1.807) is 4.90 Å². The van der Waals surface area contributed by atoms with Crippen molar-refractivity contribution in [3.8, 4) is 0 Å². The van der Waals surface area contributed by atoms with E-state index in [4.69, 9.17) is 0 Å². The average Bonchev–Trinajstić information content (AvgIpc) is 3.24. The van der Waals surface area contributed by atoms with Gasteiger partial charge in [0.15, 0.2) is 15.0 Å². The van der Waals surface area contributed by atoms with Gasteiger partial charge >= 0.3 is 0 Å². The molecule has 140 valence electrons. The lowest BCUT2D eigenvalue weighted by Gasteiger charge is -2.29. The first-order valence-electron chi connectivity index (χ1n) is 8.97. The van der Waals surface area contributed by atoms with Crippen molar-refractivity contribution in [2.75, 3.05) is 18.1 Å². The summed E-state index contributed by atoms with van der Waals surface area (Å²) in [4.78, 5) is 14.6. The van der Waals surface area contributed by atoms with Crippen LogP contribution in [-0.4, -0.2) is 63.3 Å². The van der Waals surface area contributed by atoms with Crippen LogP contribution >= 0.6 is 11.8 Å². The van der Waals surface area contributed by atoms with E-state index >= 15 is 0 Å². The molecule has 0 radical (unpaired) electrons. The summed E-state index contributed by atoms with van der Waals surface area (Å²) < 4.78 is 25.6. The highest BCUT2D eigenvalue weighted by Crippen LogP contribution is 2.40. The highest BCUT2D eigenvalue weighted by molar-refractivity contribution is 8.00. The van der Waals surface area contributed by atoms with Gasteiger partial charge in [0.2, 0.25) is 5.91 Å². The van der Waals surface area contributed by atoms with Crippen LogP contribution in [0.5, 0.6) is 0 Å². The zero-order chi connectivity index (χ0) is 18.2. The molecule has 2 aliphatic rings. The molecular formula is C16H26N4O3S2. The van der Waals surface area contributed by atoms with Crippen LogP contribution in [0.15, 0.2) is 5.16 Å². The number of rotatable bonds is 7. The highest BCUT2D eigenvalue weighted by atomic mass is 32.2. The van der Waals surface area contributed by atoms with Gasteiger partial charge in [0.25, 0.3) is 0 Å². The molecule has 7 nitrogen and oxygen atoms in total. The molecule has 3 rings (SSSR count). The van der Waals surface area contributed by atoms with Gasteiger partial charge in [0.05, 0.1) is 16.8 Å². The van der Waals surface area contributed by atoms with Gasteiger partial charge in [-0.05, 0) is 40.0 Å². The van der Waals surface area contributed by atoms with Crippen LogP contribution in [0, 0.1) is 0 Å². The maximum Gasteiger partial charge on any atom is 0.236 e. The maximum absolute atomic E-state index is 12.9. The van der Waals surface area contributed by atoms with Crippen LogP contribution in [0.25, 0.3) is 0 Å². The Hall–Kier alpha value is -1.09. The number of amides is 1. The normalized spacial score (nSPS) is 23.6. The van der Waals surface area contributed by atoms with Crippen molar-refractivity contribution >= 4 is 27.5 Å². The van der Waals surface area contributed by atoms with Gasteiger partial charge in [-0.3, -0.25) is 4.79 Å². The molecule has 0 spiro atoms. The van der Waals surface area contributed by atoms with Crippen molar-refractivity contribution in [3.63, 3.8) is 0 Å². The molecular weight excluding hydrogens is 360 g/mol. The third-order valence-corrected chi connectivity index (χ3v) is 7.73. The average molecular weight is 387 g/mol. The van der Waals surface area contributed by atoms with Crippen LogP contribution in [0.3, 0.4) is 0 Å². The van der Waals surface area contributed by atoms with E-state index in [1.807, 2.05) is 13.8 Å². The Morgan fingerprint density at radius 2 is 2.04 bits per heavy atom. The fourth-order valence-electron chi connectivity index (χ4n) is 3.39. The Morgan fingerprint density at radius 3 is 2.56 bits per heavy atom. The van der Waals surface area contributed by atoms with Gasteiger partial charge in [-0.1, -0.05) is 11.8 Å². The van der Waals surface area contributed by atoms with E-state index in [0.717, 1.165) is 30.4 Å². The summed E-state index contributed by atoms with van der Waals surface area (Å²) in [6.45, 7) is 7.15. The van der Waals surface area contributed by atoms with Crippen LogP contribution in [0.2, 0.25) is 0 Å². The van der Waals surface area contributed by atoms with E-state index in [1.165, 1.54) is 11.8 Å². The second-order valence-electron chi connectivity index (χ2n) is 6.80. The number of sulfone groups is 1. The van der Waals surface area contributed by atoms with Gasteiger partial charge in [-0.15, -0.1) is 10.2 Å². The molecule has 2 fully saturated rings. The number of thioether (sulfide) groups is 1. The molecule has 0 unspecified atom stereocenters. The Balaban J connectivity index is 1.69. The first kappa shape index (κ1) is 18.7. The summed E-state index contributed by atoms with van der Waals surface area (Å²) in [5.41, 5.74) is 0. The van der Waals surface area contributed by atoms with E-state index in [0.29, 0.717) is 18.9 Å². The smallest absolute Gasteiger partial charge is 0.236 e. The highest BCUT2D eigenvalue weighted by Gasteiger charge is 2.36. The van der Waals surface area contributed by atoms with E-state index in [9.17, 15) is 13.2 Å². The van der Waals surface area contributed by atoms with Crippen LogP contribution in [0.1, 0.15) is 51.8 Å². The molecule has 2 atom stereocenters. The molecule has 1 aromatic heterocycles. The lowest BCUT2D eigenvalue weighted by atomic mass is 10.2. The van der Waals surface area contributed by atoms with Gasteiger partial charge in [-0.2, -0.15) is 0 Å². The number of carbonyl (C=O) groups excluding carboxylic acids is 1. The van der Waals surface area contributed by atoms with Crippen molar-refractivity contribution in [3.05, 3.63) is 5.82 Å². The SMILES string of the molecule is CCN(C(=O)[C@@H](C)Sc1nnc(C2CC2)n1CC)[C@H]1CCS(=O)(=O)C1. The Labute approximate surface area is 153 Å². The summed E-state index contributed by atoms with van der Waals surface area (Å²) in [7, 11) is -3.01. The minimum atomic E-state index is -3.01. The topological polar surface area (TPSA) is 85.2 Å². The molecule has 1 aromatic rings.